The number of hydrogen-bond acceptors (Lipinski definition) is 5. The van der Waals surface area contributed by atoms with Crippen LogP contribution in [0.2, 0.25) is 0 Å². The monoisotopic (exact) mass is 212 g/mol. The predicted octanol–water partition coefficient (Wildman–Crippen LogP) is 1.06. The Morgan fingerprint density at radius 1 is 1.67 bits per heavy atom. The number of carbonyl (C=O) groups excluding carboxylic acids is 1. The summed E-state index contributed by atoms with van der Waals surface area (Å²) in [6, 6.07) is 0.263. The van der Waals surface area contributed by atoms with Gasteiger partial charge in [-0.05, 0) is 13.8 Å². The number of ether oxygens (including phenoxy) is 1. The average molecular weight is 212 g/mol. The molecule has 0 radical (unpaired) electrons. The quantitative estimate of drug-likeness (QED) is 0.683. The van der Waals surface area contributed by atoms with E-state index >= 15 is 0 Å². The maximum atomic E-state index is 11.2. The second kappa shape index (κ2) is 5.50. The van der Waals surface area contributed by atoms with Crippen LogP contribution in [0.25, 0.3) is 0 Å². The molecule has 0 amide bonds. The Kier molecular flexibility index (Phi) is 4.30. The highest BCUT2D eigenvalue weighted by Gasteiger charge is 2.15. The van der Waals surface area contributed by atoms with Gasteiger partial charge in [-0.15, -0.1) is 0 Å². The Bertz CT molecular complexity index is 296. The maximum absolute atomic E-state index is 11.2. The summed E-state index contributed by atoms with van der Waals surface area (Å²) < 4.78 is 9.36. The summed E-state index contributed by atoms with van der Waals surface area (Å²) >= 11 is 0. The van der Waals surface area contributed by atoms with Gasteiger partial charge in [0.05, 0.1) is 19.9 Å². The van der Waals surface area contributed by atoms with Crippen LogP contribution in [0.4, 0.5) is 0 Å². The molecule has 0 bridgehead atoms. The smallest absolute Gasteiger partial charge is 0.319 e. The fraction of sp³-hybridized carbons (Fsp3) is 0.600. The molecule has 0 N–H and O–H groups in total. The Labute approximate surface area is 89.0 Å². The van der Waals surface area contributed by atoms with Gasteiger partial charge in [0, 0.05) is 18.2 Å². The van der Waals surface area contributed by atoms with Gasteiger partial charge in [-0.3, -0.25) is 9.69 Å². The van der Waals surface area contributed by atoms with E-state index in [0.717, 1.165) is 5.56 Å². The minimum absolute atomic E-state index is 0.236. The van der Waals surface area contributed by atoms with Crippen LogP contribution < -0.4 is 0 Å². The Morgan fingerprint density at radius 3 is 2.87 bits per heavy atom. The molecule has 0 unspecified atom stereocenters. The molecule has 0 aliphatic rings. The standard InChI is InChI=1S/C10H16N2O3/c1-8(2)12(6-10(13)14-3)5-9-4-11-15-7-9/h4,7-8H,5-6H2,1-3H3. The van der Waals surface area contributed by atoms with Crippen LogP contribution in [0.5, 0.6) is 0 Å². The number of esters is 1. The summed E-state index contributed by atoms with van der Waals surface area (Å²) in [5.41, 5.74) is 0.951. The van der Waals surface area contributed by atoms with Crippen molar-refractivity contribution in [1.29, 1.82) is 0 Å². The summed E-state index contributed by atoms with van der Waals surface area (Å²) in [6.07, 6.45) is 3.22. The van der Waals surface area contributed by atoms with E-state index in [1.54, 1.807) is 12.5 Å². The third-order valence-electron chi connectivity index (χ3n) is 2.16. The van der Waals surface area contributed by atoms with Gasteiger partial charge in [0.15, 0.2) is 0 Å². The molecule has 0 spiro atoms. The first-order chi connectivity index (χ1) is 7.13. The first kappa shape index (κ1) is 11.7. The van der Waals surface area contributed by atoms with Gasteiger partial charge in [0.1, 0.15) is 6.26 Å². The van der Waals surface area contributed by atoms with Crippen molar-refractivity contribution in [2.45, 2.75) is 26.4 Å². The lowest BCUT2D eigenvalue weighted by atomic mass is 10.2. The molecule has 0 aliphatic heterocycles. The van der Waals surface area contributed by atoms with Crippen LogP contribution in [0.15, 0.2) is 17.0 Å². The van der Waals surface area contributed by atoms with Gasteiger partial charge in [-0.25, -0.2) is 0 Å². The minimum Gasteiger partial charge on any atom is -0.468 e. The lowest BCUT2D eigenvalue weighted by Crippen LogP contribution is -2.35. The van der Waals surface area contributed by atoms with Crippen molar-refractivity contribution < 1.29 is 14.1 Å². The zero-order chi connectivity index (χ0) is 11.3. The second-order valence-corrected chi connectivity index (χ2v) is 3.61. The number of methoxy groups -OCH3 is 1. The normalized spacial score (nSPS) is 11.0. The maximum Gasteiger partial charge on any atom is 0.319 e. The molecule has 5 heteroatoms. The summed E-state index contributed by atoms with van der Waals surface area (Å²) in [5.74, 6) is -0.236. The van der Waals surface area contributed by atoms with E-state index in [0.29, 0.717) is 6.54 Å². The summed E-state index contributed by atoms with van der Waals surface area (Å²) in [7, 11) is 1.39. The molecule has 1 aromatic rings. The van der Waals surface area contributed by atoms with Crippen molar-refractivity contribution in [2.24, 2.45) is 0 Å². The van der Waals surface area contributed by atoms with Crippen molar-refractivity contribution in [1.82, 2.24) is 10.1 Å². The molecule has 1 heterocycles. The van der Waals surface area contributed by atoms with E-state index in [1.807, 2.05) is 18.7 Å². The van der Waals surface area contributed by atoms with Crippen LogP contribution in [0.3, 0.4) is 0 Å². The summed E-state index contributed by atoms with van der Waals surface area (Å²) in [5, 5.41) is 3.62. The predicted molar refractivity (Wildman–Crippen MR) is 54.1 cm³/mol. The molecule has 84 valence electrons. The van der Waals surface area contributed by atoms with Crippen molar-refractivity contribution in [3.8, 4) is 0 Å². The molecule has 0 saturated carbocycles. The molecular weight excluding hydrogens is 196 g/mol. The molecule has 1 aromatic heterocycles. The van der Waals surface area contributed by atoms with Crippen molar-refractivity contribution in [2.75, 3.05) is 13.7 Å². The lowest BCUT2D eigenvalue weighted by molar-refractivity contribution is -0.142. The molecule has 5 nitrogen and oxygen atoms in total. The zero-order valence-corrected chi connectivity index (χ0v) is 9.27. The highest BCUT2D eigenvalue weighted by atomic mass is 16.5. The SMILES string of the molecule is COC(=O)CN(Cc1cnoc1)C(C)C. The average Bonchev–Trinajstić information content (AvgIpc) is 2.69. The molecule has 0 saturated heterocycles. The van der Waals surface area contributed by atoms with Gasteiger partial charge >= 0.3 is 5.97 Å². The number of nitrogens with zero attached hydrogens (tertiary/aromatic N) is 2. The molecule has 0 atom stereocenters. The third-order valence-corrected chi connectivity index (χ3v) is 2.16. The zero-order valence-electron chi connectivity index (χ0n) is 9.27. The summed E-state index contributed by atoms with van der Waals surface area (Å²) in [6.45, 7) is 4.96. The van der Waals surface area contributed by atoms with Gasteiger partial charge in [-0.1, -0.05) is 5.16 Å². The second-order valence-electron chi connectivity index (χ2n) is 3.61. The fourth-order valence-corrected chi connectivity index (χ4v) is 1.19. The molecule has 0 aliphatic carbocycles. The van der Waals surface area contributed by atoms with Crippen molar-refractivity contribution in [3.05, 3.63) is 18.0 Å². The van der Waals surface area contributed by atoms with Crippen LogP contribution in [0.1, 0.15) is 19.4 Å². The van der Waals surface area contributed by atoms with Gasteiger partial charge in [0.25, 0.3) is 0 Å². The van der Waals surface area contributed by atoms with Gasteiger partial charge < -0.3 is 9.26 Å². The Balaban J connectivity index is 2.55. The largest absolute Gasteiger partial charge is 0.468 e. The topological polar surface area (TPSA) is 55.6 Å². The van der Waals surface area contributed by atoms with E-state index < -0.39 is 0 Å². The molecule has 15 heavy (non-hydrogen) atoms. The van der Waals surface area contributed by atoms with Gasteiger partial charge in [0.2, 0.25) is 0 Å². The number of carbonyl (C=O) groups is 1. The Morgan fingerprint density at radius 2 is 2.40 bits per heavy atom. The fourth-order valence-electron chi connectivity index (χ4n) is 1.19. The van der Waals surface area contributed by atoms with Crippen LogP contribution in [0, 0.1) is 0 Å². The third kappa shape index (κ3) is 3.71. The number of hydrogen-bond donors (Lipinski definition) is 0. The molecule has 1 rings (SSSR count). The first-order valence-corrected chi connectivity index (χ1v) is 4.82. The van der Waals surface area contributed by atoms with E-state index in [2.05, 4.69) is 9.89 Å². The van der Waals surface area contributed by atoms with Crippen molar-refractivity contribution >= 4 is 5.97 Å². The lowest BCUT2D eigenvalue weighted by Gasteiger charge is -2.24. The number of aromatic nitrogens is 1. The van der Waals surface area contributed by atoms with Gasteiger partial charge in [-0.2, -0.15) is 0 Å². The van der Waals surface area contributed by atoms with E-state index in [4.69, 9.17) is 4.52 Å². The highest BCUT2D eigenvalue weighted by molar-refractivity contribution is 5.71. The molecule has 0 aromatic carbocycles. The van der Waals surface area contributed by atoms with E-state index in [1.165, 1.54) is 7.11 Å². The van der Waals surface area contributed by atoms with Crippen LogP contribution in [-0.4, -0.2) is 35.7 Å². The first-order valence-electron chi connectivity index (χ1n) is 4.82. The van der Waals surface area contributed by atoms with Crippen molar-refractivity contribution in [3.63, 3.8) is 0 Å². The minimum atomic E-state index is -0.236. The Hall–Kier alpha value is -1.36. The van der Waals surface area contributed by atoms with E-state index in [9.17, 15) is 4.79 Å². The number of rotatable bonds is 5. The van der Waals surface area contributed by atoms with Crippen LogP contribution in [-0.2, 0) is 16.1 Å². The summed E-state index contributed by atoms with van der Waals surface area (Å²) in [4.78, 5) is 13.1. The van der Waals surface area contributed by atoms with Crippen LogP contribution >= 0.6 is 0 Å². The molecule has 0 fully saturated rings. The molecular formula is C10H16N2O3. The van der Waals surface area contributed by atoms with E-state index in [-0.39, 0.29) is 18.6 Å². The highest BCUT2D eigenvalue weighted by Crippen LogP contribution is 2.07.